The average Bonchev–Trinajstić information content (AvgIpc) is 3.49. The van der Waals surface area contributed by atoms with E-state index in [2.05, 4.69) is 59.1 Å². The minimum atomic E-state index is 0. The van der Waals surface area contributed by atoms with Crippen LogP contribution in [0.4, 0.5) is 0 Å². The summed E-state index contributed by atoms with van der Waals surface area (Å²) < 4.78 is 0. The third-order valence-corrected chi connectivity index (χ3v) is 5.76. The van der Waals surface area contributed by atoms with Crippen LogP contribution in [0.3, 0.4) is 0 Å². The molecule has 156 valence electrons. The van der Waals surface area contributed by atoms with Gasteiger partial charge in [0.2, 0.25) is 5.91 Å². The van der Waals surface area contributed by atoms with Gasteiger partial charge in [0.05, 0.1) is 0 Å². The summed E-state index contributed by atoms with van der Waals surface area (Å²) in [5, 5.41) is 10.1. The van der Waals surface area contributed by atoms with E-state index in [0.29, 0.717) is 18.0 Å². The van der Waals surface area contributed by atoms with Crippen LogP contribution in [0, 0.1) is 12.8 Å². The number of rotatable bonds is 6. The Morgan fingerprint density at radius 3 is 2.46 bits per heavy atom. The molecule has 2 aliphatic rings. The quantitative estimate of drug-likeness (QED) is 0.318. The maximum Gasteiger partial charge on any atom is 0.223 e. The van der Waals surface area contributed by atoms with Crippen LogP contribution in [-0.2, 0) is 4.79 Å². The highest BCUT2D eigenvalue weighted by atomic mass is 127. The molecule has 2 aliphatic carbocycles. The number of halogens is 1. The molecule has 2 saturated carbocycles. The van der Waals surface area contributed by atoms with Crippen LogP contribution < -0.4 is 16.0 Å². The fraction of sp³-hybridized carbons (Fsp3) is 0.636. The van der Waals surface area contributed by atoms with Crippen molar-refractivity contribution >= 4 is 35.8 Å². The van der Waals surface area contributed by atoms with Gasteiger partial charge in [-0.1, -0.05) is 43.2 Å². The minimum Gasteiger partial charge on any atom is -0.356 e. The fourth-order valence-corrected chi connectivity index (χ4v) is 3.76. The number of nitrogens with zero attached hydrogens (tertiary/aromatic N) is 1. The van der Waals surface area contributed by atoms with Crippen molar-refractivity contribution in [3.8, 4) is 0 Å². The van der Waals surface area contributed by atoms with Gasteiger partial charge in [0.25, 0.3) is 0 Å². The molecule has 0 heterocycles. The molecule has 3 N–H and O–H groups in total. The Balaban J connectivity index is 0.00000280. The SMILES string of the molecule is CN=C(NCC(C)c1ccc(C)cc1)NC1CCCC(C(=O)NC2CC2)C1.I. The summed E-state index contributed by atoms with van der Waals surface area (Å²) in [7, 11) is 1.81. The zero-order chi connectivity index (χ0) is 19.2. The second-order valence-electron chi connectivity index (χ2n) is 8.25. The summed E-state index contributed by atoms with van der Waals surface area (Å²) in [6.45, 7) is 5.17. The summed E-state index contributed by atoms with van der Waals surface area (Å²) in [5.41, 5.74) is 2.62. The predicted molar refractivity (Wildman–Crippen MR) is 126 cm³/mol. The maximum absolute atomic E-state index is 12.4. The van der Waals surface area contributed by atoms with Gasteiger partial charge in [-0.2, -0.15) is 0 Å². The number of hydrogen-bond donors (Lipinski definition) is 3. The van der Waals surface area contributed by atoms with E-state index in [1.165, 1.54) is 11.1 Å². The number of hydrogen-bond acceptors (Lipinski definition) is 2. The number of aliphatic imine (C=N–C) groups is 1. The summed E-state index contributed by atoms with van der Waals surface area (Å²) in [6.07, 6.45) is 6.39. The number of amides is 1. The van der Waals surface area contributed by atoms with E-state index in [1.54, 1.807) is 0 Å². The van der Waals surface area contributed by atoms with Gasteiger partial charge in [-0.3, -0.25) is 9.79 Å². The molecule has 3 unspecified atom stereocenters. The molecule has 0 saturated heterocycles. The second kappa shape index (κ2) is 11.0. The number of nitrogens with one attached hydrogen (secondary N) is 3. The van der Waals surface area contributed by atoms with Crippen molar-refractivity contribution in [1.82, 2.24) is 16.0 Å². The van der Waals surface area contributed by atoms with Gasteiger partial charge >= 0.3 is 0 Å². The van der Waals surface area contributed by atoms with Crippen molar-refractivity contribution in [2.75, 3.05) is 13.6 Å². The standard InChI is InChI=1S/C22H34N4O.HI/c1-15-7-9-17(10-8-15)16(2)14-24-22(23-3)26-20-6-4-5-18(13-20)21(27)25-19-11-12-19;/h7-10,16,18-20H,4-6,11-14H2,1-3H3,(H,25,27)(H2,23,24,26);1H. The number of benzene rings is 1. The molecule has 1 aromatic carbocycles. The second-order valence-corrected chi connectivity index (χ2v) is 8.25. The summed E-state index contributed by atoms with van der Waals surface area (Å²) >= 11 is 0. The average molecular weight is 498 g/mol. The van der Waals surface area contributed by atoms with Crippen molar-refractivity contribution < 1.29 is 4.79 Å². The molecule has 0 radical (unpaired) electrons. The molecule has 0 aromatic heterocycles. The van der Waals surface area contributed by atoms with E-state index in [0.717, 1.165) is 51.0 Å². The first-order valence-corrected chi connectivity index (χ1v) is 10.4. The van der Waals surface area contributed by atoms with Crippen molar-refractivity contribution in [2.45, 2.75) is 70.4 Å². The lowest BCUT2D eigenvalue weighted by atomic mass is 9.85. The van der Waals surface area contributed by atoms with Crippen LogP contribution in [0.1, 0.15) is 62.5 Å². The summed E-state index contributed by atoms with van der Waals surface area (Å²) in [6, 6.07) is 9.48. The van der Waals surface area contributed by atoms with E-state index >= 15 is 0 Å². The molecule has 0 spiro atoms. The van der Waals surface area contributed by atoms with Gasteiger partial charge in [0.1, 0.15) is 0 Å². The first-order valence-electron chi connectivity index (χ1n) is 10.4. The lowest BCUT2D eigenvalue weighted by Gasteiger charge is -2.30. The largest absolute Gasteiger partial charge is 0.356 e. The smallest absolute Gasteiger partial charge is 0.223 e. The number of carbonyl (C=O) groups is 1. The Bertz CT molecular complexity index is 657. The van der Waals surface area contributed by atoms with Gasteiger partial charge in [-0.15, -0.1) is 24.0 Å². The van der Waals surface area contributed by atoms with Crippen LogP contribution in [0.5, 0.6) is 0 Å². The van der Waals surface area contributed by atoms with Gasteiger partial charge in [-0.05, 0) is 50.5 Å². The molecule has 5 nitrogen and oxygen atoms in total. The topological polar surface area (TPSA) is 65.5 Å². The molecule has 3 atom stereocenters. The van der Waals surface area contributed by atoms with Crippen LogP contribution in [-0.4, -0.2) is 37.5 Å². The lowest BCUT2D eigenvalue weighted by molar-refractivity contribution is -0.126. The summed E-state index contributed by atoms with van der Waals surface area (Å²) in [5.74, 6) is 1.64. The molecular formula is C22H35IN4O. The number of guanidine groups is 1. The summed E-state index contributed by atoms with van der Waals surface area (Å²) in [4.78, 5) is 16.7. The van der Waals surface area contributed by atoms with E-state index in [9.17, 15) is 4.79 Å². The first kappa shape index (κ1) is 23.0. The minimum absolute atomic E-state index is 0. The fourth-order valence-electron chi connectivity index (χ4n) is 3.76. The van der Waals surface area contributed by atoms with Crippen LogP contribution >= 0.6 is 24.0 Å². The Morgan fingerprint density at radius 2 is 1.82 bits per heavy atom. The maximum atomic E-state index is 12.4. The lowest BCUT2D eigenvalue weighted by Crippen LogP contribution is -2.47. The Hall–Kier alpha value is -1.31. The molecular weight excluding hydrogens is 463 g/mol. The van der Waals surface area contributed by atoms with Crippen LogP contribution in [0.15, 0.2) is 29.3 Å². The Kier molecular flexibility index (Phi) is 9.05. The predicted octanol–water partition coefficient (Wildman–Crippen LogP) is 3.72. The van der Waals surface area contributed by atoms with E-state index < -0.39 is 0 Å². The third kappa shape index (κ3) is 6.94. The monoisotopic (exact) mass is 498 g/mol. The normalized spacial score (nSPS) is 23.3. The molecule has 3 rings (SSSR count). The molecule has 0 aliphatic heterocycles. The first-order chi connectivity index (χ1) is 13.0. The van der Waals surface area contributed by atoms with E-state index in [-0.39, 0.29) is 35.8 Å². The van der Waals surface area contributed by atoms with Gasteiger partial charge in [-0.25, -0.2) is 0 Å². The number of aryl methyl sites for hydroxylation is 1. The molecule has 1 amide bonds. The van der Waals surface area contributed by atoms with Crippen LogP contribution in [0.2, 0.25) is 0 Å². The molecule has 28 heavy (non-hydrogen) atoms. The van der Waals surface area contributed by atoms with Crippen molar-refractivity contribution in [3.05, 3.63) is 35.4 Å². The number of carbonyl (C=O) groups excluding carboxylic acids is 1. The molecule has 1 aromatic rings. The zero-order valence-electron chi connectivity index (χ0n) is 17.3. The third-order valence-electron chi connectivity index (χ3n) is 5.76. The van der Waals surface area contributed by atoms with Gasteiger partial charge in [0.15, 0.2) is 5.96 Å². The highest BCUT2D eigenvalue weighted by molar-refractivity contribution is 14.0. The molecule has 2 fully saturated rings. The van der Waals surface area contributed by atoms with Crippen molar-refractivity contribution in [3.63, 3.8) is 0 Å². The Labute approximate surface area is 186 Å². The van der Waals surface area contributed by atoms with Gasteiger partial charge in [0, 0.05) is 31.6 Å². The highest BCUT2D eigenvalue weighted by Crippen LogP contribution is 2.26. The zero-order valence-corrected chi connectivity index (χ0v) is 19.7. The van der Waals surface area contributed by atoms with E-state index in [1.807, 2.05) is 7.05 Å². The molecule has 0 bridgehead atoms. The van der Waals surface area contributed by atoms with Crippen LogP contribution in [0.25, 0.3) is 0 Å². The van der Waals surface area contributed by atoms with Crippen molar-refractivity contribution in [2.24, 2.45) is 10.9 Å². The van der Waals surface area contributed by atoms with Gasteiger partial charge < -0.3 is 16.0 Å². The Morgan fingerprint density at radius 1 is 1.11 bits per heavy atom. The molecule has 6 heteroatoms. The van der Waals surface area contributed by atoms with E-state index in [4.69, 9.17) is 0 Å². The van der Waals surface area contributed by atoms with Crippen molar-refractivity contribution in [1.29, 1.82) is 0 Å². The highest BCUT2D eigenvalue weighted by Gasteiger charge is 2.31.